The van der Waals surface area contributed by atoms with Gasteiger partial charge in [-0.1, -0.05) is 24.3 Å². The van der Waals surface area contributed by atoms with Gasteiger partial charge in [0.2, 0.25) is 5.88 Å². The molecule has 4 aromatic rings. The molecule has 1 aliphatic rings. The van der Waals surface area contributed by atoms with Crippen molar-refractivity contribution >= 4 is 22.6 Å². The van der Waals surface area contributed by atoms with Crippen molar-refractivity contribution < 1.29 is 23.7 Å². The van der Waals surface area contributed by atoms with Crippen LogP contribution in [0.4, 0.5) is 10.5 Å². The lowest BCUT2D eigenvalue weighted by Gasteiger charge is -2.18. The summed E-state index contributed by atoms with van der Waals surface area (Å²) in [4.78, 5) is 23.8. The Labute approximate surface area is 233 Å². The molecule has 10 heteroatoms. The summed E-state index contributed by atoms with van der Waals surface area (Å²) in [5.41, 5.74) is 3.77. The molecule has 1 atom stereocenters. The van der Waals surface area contributed by atoms with Crippen molar-refractivity contribution in [3.8, 4) is 28.9 Å². The van der Waals surface area contributed by atoms with Gasteiger partial charge in [0, 0.05) is 37.8 Å². The number of hydrogen-bond donors (Lipinski definition) is 2. The fourth-order valence-corrected chi connectivity index (χ4v) is 4.86. The van der Waals surface area contributed by atoms with E-state index >= 15 is 0 Å². The summed E-state index contributed by atoms with van der Waals surface area (Å²) >= 11 is 0. The Morgan fingerprint density at radius 3 is 2.52 bits per heavy atom. The van der Waals surface area contributed by atoms with Gasteiger partial charge >= 0.3 is 6.03 Å². The predicted octanol–water partition coefficient (Wildman–Crippen LogP) is 5.15. The van der Waals surface area contributed by atoms with Gasteiger partial charge in [0.25, 0.3) is 0 Å². The summed E-state index contributed by atoms with van der Waals surface area (Å²) in [6, 6.07) is 16.9. The Balaban J connectivity index is 1.23. The molecule has 2 N–H and O–H groups in total. The minimum Gasteiger partial charge on any atom is -0.494 e. The van der Waals surface area contributed by atoms with Crippen molar-refractivity contribution in [3.63, 3.8) is 0 Å². The van der Waals surface area contributed by atoms with Gasteiger partial charge < -0.3 is 29.6 Å². The first-order valence-electron chi connectivity index (χ1n) is 13.0. The molecule has 1 saturated heterocycles. The summed E-state index contributed by atoms with van der Waals surface area (Å²) in [5, 5.41) is 6.65. The molecule has 1 aromatic heterocycles. The maximum atomic E-state index is 12.8. The fraction of sp³-hybridized carbons (Fsp3) is 0.300. The van der Waals surface area contributed by atoms with Gasteiger partial charge in [-0.3, -0.25) is 4.90 Å². The van der Waals surface area contributed by atoms with Crippen molar-refractivity contribution in [2.45, 2.75) is 25.9 Å². The van der Waals surface area contributed by atoms with Crippen LogP contribution < -0.4 is 29.6 Å². The van der Waals surface area contributed by atoms with Crippen LogP contribution in [0.5, 0.6) is 28.9 Å². The van der Waals surface area contributed by atoms with Gasteiger partial charge in [0.05, 0.1) is 37.9 Å². The molecule has 0 aliphatic carbocycles. The number of hydrogen-bond acceptors (Lipinski definition) is 8. The Bertz CT molecular complexity index is 1510. The highest BCUT2D eigenvalue weighted by molar-refractivity contribution is 5.91. The second-order valence-electron chi connectivity index (χ2n) is 9.61. The lowest BCUT2D eigenvalue weighted by Crippen LogP contribution is -2.39. The lowest BCUT2D eigenvalue weighted by atomic mass is 10.1. The molecule has 0 radical (unpaired) electrons. The van der Waals surface area contributed by atoms with Crippen LogP contribution in [0.3, 0.4) is 0 Å². The van der Waals surface area contributed by atoms with E-state index in [-0.39, 0.29) is 12.1 Å². The average molecular weight is 544 g/mol. The third-order valence-electron chi connectivity index (χ3n) is 7.00. The number of nitrogens with one attached hydrogen (secondary N) is 2. The quantitative estimate of drug-likeness (QED) is 0.298. The number of carbonyl (C=O) groups is 1. The smallest absolute Gasteiger partial charge is 0.319 e. The molecule has 2 amide bonds. The van der Waals surface area contributed by atoms with Crippen LogP contribution in [0.2, 0.25) is 0 Å². The van der Waals surface area contributed by atoms with Crippen LogP contribution in [-0.2, 0) is 6.54 Å². The predicted molar refractivity (Wildman–Crippen MR) is 153 cm³/mol. The van der Waals surface area contributed by atoms with Gasteiger partial charge in [-0.2, -0.15) is 0 Å². The third kappa shape index (κ3) is 6.02. The van der Waals surface area contributed by atoms with Gasteiger partial charge in [-0.05, 0) is 42.7 Å². The van der Waals surface area contributed by atoms with Crippen LogP contribution in [0, 0.1) is 6.92 Å². The van der Waals surface area contributed by atoms with E-state index in [1.54, 1.807) is 51.7 Å². The number of urea groups is 1. The molecule has 0 saturated carbocycles. The highest BCUT2D eigenvalue weighted by atomic mass is 16.5. The summed E-state index contributed by atoms with van der Waals surface area (Å²) in [7, 11) is 4.68. The van der Waals surface area contributed by atoms with Crippen LogP contribution in [0.15, 0.2) is 60.9 Å². The Morgan fingerprint density at radius 1 is 0.975 bits per heavy atom. The van der Waals surface area contributed by atoms with Gasteiger partial charge in [0.1, 0.15) is 17.8 Å². The van der Waals surface area contributed by atoms with Crippen molar-refractivity contribution in [1.29, 1.82) is 0 Å². The molecule has 10 nitrogen and oxygen atoms in total. The largest absolute Gasteiger partial charge is 0.494 e. The van der Waals surface area contributed by atoms with Gasteiger partial charge in [0.15, 0.2) is 11.5 Å². The maximum Gasteiger partial charge on any atom is 0.319 e. The molecule has 1 aliphatic heterocycles. The normalized spacial score (nSPS) is 15.1. The number of benzene rings is 3. The van der Waals surface area contributed by atoms with E-state index in [2.05, 4.69) is 56.7 Å². The van der Waals surface area contributed by atoms with Crippen LogP contribution in [0.25, 0.3) is 10.9 Å². The molecule has 3 aromatic carbocycles. The number of aromatic nitrogens is 2. The number of ether oxygens (including phenoxy) is 4. The Morgan fingerprint density at radius 2 is 1.75 bits per heavy atom. The number of aryl methyl sites for hydroxylation is 1. The minimum atomic E-state index is -0.280. The molecule has 0 spiro atoms. The van der Waals surface area contributed by atoms with Crippen LogP contribution >= 0.6 is 0 Å². The lowest BCUT2D eigenvalue weighted by molar-refractivity contribution is 0.247. The van der Waals surface area contributed by atoms with Crippen LogP contribution in [0.1, 0.15) is 17.5 Å². The second-order valence-corrected chi connectivity index (χ2v) is 9.61. The van der Waals surface area contributed by atoms with E-state index in [1.807, 2.05) is 0 Å². The number of amides is 2. The molecule has 40 heavy (non-hydrogen) atoms. The molecule has 1 unspecified atom stereocenters. The second kappa shape index (κ2) is 12.1. The van der Waals surface area contributed by atoms with E-state index in [1.165, 1.54) is 17.5 Å². The summed E-state index contributed by atoms with van der Waals surface area (Å²) in [6.07, 6.45) is 2.32. The van der Waals surface area contributed by atoms with Crippen molar-refractivity contribution in [2.24, 2.45) is 0 Å². The fourth-order valence-electron chi connectivity index (χ4n) is 4.86. The first-order valence-corrected chi connectivity index (χ1v) is 13.0. The molecule has 5 rings (SSSR count). The maximum absolute atomic E-state index is 12.8. The standard InChI is InChI=1S/C30H33N5O5/c1-19-7-5-6-8-20(19)16-35-12-11-21(17-35)33-30(36)34-24-10-9-22(13-26(24)37-2)40-29-23-14-27(38-3)28(39-4)15-25(23)31-18-32-29/h5-10,13-15,18,21H,11-12,16-17H2,1-4H3,(H2,33,34,36). The van der Waals surface area contributed by atoms with E-state index in [0.717, 1.165) is 26.1 Å². The van der Waals surface area contributed by atoms with Gasteiger partial charge in [-0.25, -0.2) is 14.8 Å². The Kier molecular flexibility index (Phi) is 8.16. The van der Waals surface area contributed by atoms with E-state index in [4.69, 9.17) is 18.9 Å². The molecule has 0 bridgehead atoms. The van der Waals surface area contributed by atoms with Crippen LogP contribution in [-0.4, -0.2) is 61.4 Å². The molecule has 1 fully saturated rings. The summed E-state index contributed by atoms with van der Waals surface area (Å²) in [5.74, 6) is 2.39. The monoisotopic (exact) mass is 543 g/mol. The van der Waals surface area contributed by atoms with E-state index in [0.29, 0.717) is 45.5 Å². The third-order valence-corrected chi connectivity index (χ3v) is 7.00. The zero-order valence-corrected chi connectivity index (χ0v) is 23.1. The number of likely N-dealkylation sites (tertiary alicyclic amines) is 1. The number of rotatable bonds is 9. The summed E-state index contributed by atoms with van der Waals surface area (Å²) < 4.78 is 22.4. The zero-order valence-electron chi connectivity index (χ0n) is 23.1. The first-order chi connectivity index (χ1) is 19.5. The molecular weight excluding hydrogens is 510 g/mol. The van der Waals surface area contributed by atoms with Gasteiger partial charge in [-0.15, -0.1) is 0 Å². The SMILES string of the molecule is COc1cc(Oc2ncnc3cc(OC)c(OC)cc23)ccc1NC(=O)NC1CCN(Cc2ccccc2C)C1. The van der Waals surface area contributed by atoms with Crippen molar-refractivity contribution in [3.05, 3.63) is 72.1 Å². The molecule has 2 heterocycles. The number of methoxy groups -OCH3 is 3. The number of fused-ring (bicyclic) bond motifs is 1. The summed E-state index contributed by atoms with van der Waals surface area (Å²) in [6.45, 7) is 4.74. The molecule has 208 valence electrons. The highest BCUT2D eigenvalue weighted by Gasteiger charge is 2.24. The van der Waals surface area contributed by atoms with Crippen molar-refractivity contribution in [2.75, 3.05) is 39.7 Å². The zero-order chi connectivity index (χ0) is 28.1. The van der Waals surface area contributed by atoms with E-state index in [9.17, 15) is 4.79 Å². The highest BCUT2D eigenvalue weighted by Crippen LogP contribution is 2.37. The van der Waals surface area contributed by atoms with E-state index < -0.39 is 0 Å². The number of carbonyl (C=O) groups excluding carboxylic acids is 1. The topological polar surface area (TPSA) is 107 Å². The first kappa shape index (κ1) is 27.0. The average Bonchev–Trinajstić information content (AvgIpc) is 3.40. The number of nitrogens with zero attached hydrogens (tertiary/aromatic N) is 3. The Hall–Kier alpha value is -4.57. The minimum absolute atomic E-state index is 0.0688. The number of anilines is 1. The molecular formula is C30H33N5O5. The van der Waals surface area contributed by atoms with Crippen molar-refractivity contribution in [1.82, 2.24) is 20.2 Å².